The first-order valence-electron chi connectivity index (χ1n) is 9.59. The van der Waals surface area contributed by atoms with Crippen molar-refractivity contribution >= 4 is 26.5 Å². The van der Waals surface area contributed by atoms with E-state index in [1.54, 1.807) is 31.3 Å². The maximum absolute atomic E-state index is 13.0. The summed E-state index contributed by atoms with van der Waals surface area (Å²) in [6.45, 7) is 5.90. The van der Waals surface area contributed by atoms with E-state index in [1.165, 1.54) is 12.3 Å². The summed E-state index contributed by atoms with van der Waals surface area (Å²) in [5.41, 5.74) is 1.64. The molecule has 2 heterocycles. The van der Waals surface area contributed by atoms with Crippen LogP contribution in [0.15, 0.2) is 18.3 Å². The minimum atomic E-state index is -3.19. The average Bonchev–Trinajstić information content (AvgIpc) is 3.02. The van der Waals surface area contributed by atoms with Crippen molar-refractivity contribution in [3.05, 3.63) is 29.2 Å². The van der Waals surface area contributed by atoms with Crippen LogP contribution >= 0.6 is 11.3 Å². The fraction of sp³-hybridized carbons (Fsp3) is 0.579. The molecule has 9 heteroatoms. The molecule has 0 amide bonds. The van der Waals surface area contributed by atoms with Gasteiger partial charge in [0.25, 0.3) is 0 Å². The molecule has 3 rings (SSSR count). The number of hydrogen-bond donors (Lipinski definition) is 2. The van der Waals surface area contributed by atoms with Gasteiger partial charge in [0, 0.05) is 29.2 Å². The molecule has 1 aliphatic rings. The van der Waals surface area contributed by atoms with Crippen LogP contribution in [0.5, 0.6) is 0 Å². The van der Waals surface area contributed by atoms with Crippen LogP contribution < -0.4 is 10.0 Å². The van der Waals surface area contributed by atoms with Crippen LogP contribution in [0.25, 0.3) is 11.3 Å². The normalized spacial score (nSPS) is 20.5. The Kier molecular flexibility index (Phi) is 6.67. The van der Waals surface area contributed by atoms with Gasteiger partial charge in [-0.1, -0.05) is 0 Å². The Balaban J connectivity index is 1.53. The summed E-state index contributed by atoms with van der Waals surface area (Å²) in [6, 6.07) is 3.37. The van der Waals surface area contributed by atoms with E-state index in [2.05, 4.69) is 20.0 Å². The maximum Gasteiger partial charge on any atom is 0.213 e. The number of aromatic nitrogens is 2. The zero-order valence-corrected chi connectivity index (χ0v) is 18.0. The highest BCUT2D eigenvalue weighted by Crippen LogP contribution is 2.32. The number of nitrogens with one attached hydrogen (secondary N) is 2. The number of aryl methyl sites for hydroxylation is 1. The highest BCUT2D eigenvalue weighted by molar-refractivity contribution is 7.90. The summed E-state index contributed by atoms with van der Waals surface area (Å²) >= 11 is 1.59. The third-order valence-electron chi connectivity index (χ3n) is 5.17. The molecule has 0 radical (unpaired) electrons. The number of thiazole rings is 1. The van der Waals surface area contributed by atoms with Gasteiger partial charge in [0.1, 0.15) is 0 Å². The molecule has 0 unspecified atom stereocenters. The molecule has 0 aliphatic heterocycles. The van der Waals surface area contributed by atoms with Crippen LogP contribution in [0.4, 0.5) is 9.52 Å². The molecule has 1 aliphatic carbocycles. The third kappa shape index (κ3) is 5.27. The lowest BCUT2D eigenvalue weighted by atomic mass is 9.86. The fourth-order valence-corrected chi connectivity index (χ4v) is 5.04. The predicted molar refractivity (Wildman–Crippen MR) is 111 cm³/mol. The molecule has 0 saturated heterocycles. The molecular weight excluding hydrogens is 399 g/mol. The van der Waals surface area contributed by atoms with Crippen LogP contribution in [0, 0.1) is 18.8 Å². The van der Waals surface area contributed by atoms with Gasteiger partial charge in [-0.15, -0.1) is 11.3 Å². The first-order valence-corrected chi connectivity index (χ1v) is 11.9. The number of hydrogen-bond acceptors (Lipinski definition) is 6. The largest absolute Gasteiger partial charge is 0.359 e. The van der Waals surface area contributed by atoms with Crippen LogP contribution in [0.2, 0.25) is 0 Å². The van der Waals surface area contributed by atoms with E-state index in [0.29, 0.717) is 18.5 Å². The van der Waals surface area contributed by atoms with Crippen molar-refractivity contribution in [2.45, 2.75) is 57.7 Å². The number of halogens is 1. The first-order chi connectivity index (χ1) is 13.2. The summed E-state index contributed by atoms with van der Waals surface area (Å²) in [5, 5.41) is 3.97. The Morgan fingerprint density at radius 2 is 1.96 bits per heavy atom. The highest BCUT2D eigenvalue weighted by Gasteiger charge is 2.24. The van der Waals surface area contributed by atoms with Crippen molar-refractivity contribution in [3.8, 4) is 11.3 Å². The van der Waals surface area contributed by atoms with Gasteiger partial charge in [-0.2, -0.15) is 4.39 Å². The molecule has 2 N–H and O–H groups in total. The van der Waals surface area contributed by atoms with Gasteiger partial charge in [-0.05, 0) is 64.5 Å². The number of rotatable bonds is 7. The van der Waals surface area contributed by atoms with E-state index in [-0.39, 0.29) is 0 Å². The van der Waals surface area contributed by atoms with E-state index in [9.17, 15) is 12.8 Å². The molecule has 1 fully saturated rings. The molecule has 2 aromatic heterocycles. The Hall–Kier alpha value is -1.58. The summed E-state index contributed by atoms with van der Waals surface area (Å²) in [4.78, 5) is 9.43. The molecule has 6 nitrogen and oxygen atoms in total. The van der Waals surface area contributed by atoms with Crippen molar-refractivity contribution < 1.29 is 12.8 Å². The minimum Gasteiger partial charge on any atom is -0.359 e. The number of anilines is 1. The summed E-state index contributed by atoms with van der Waals surface area (Å²) < 4.78 is 39.5. The number of sulfonamides is 1. The molecule has 2 aromatic rings. The lowest BCUT2D eigenvalue weighted by Gasteiger charge is -2.29. The second-order valence-corrected chi connectivity index (χ2v) is 11.1. The van der Waals surface area contributed by atoms with Crippen LogP contribution in [-0.4, -0.2) is 36.2 Å². The molecule has 154 valence electrons. The predicted octanol–water partition coefficient (Wildman–Crippen LogP) is 3.95. The second kappa shape index (κ2) is 8.84. The van der Waals surface area contributed by atoms with Crippen LogP contribution in [0.3, 0.4) is 0 Å². The monoisotopic (exact) mass is 426 g/mol. The lowest BCUT2D eigenvalue weighted by molar-refractivity contribution is 0.337. The Morgan fingerprint density at radius 1 is 1.25 bits per heavy atom. The quantitative estimate of drug-likeness (QED) is 0.655. The van der Waals surface area contributed by atoms with E-state index >= 15 is 0 Å². The van der Waals surface area contributed by atoms with Crippen molar-refractivity contribution in [2.24, 2.45) is 5.92 Å². The van der Waals surface area contributed by atoms with Gasteiger partial charge < -0.3 is 5.32 Å². The van der Waals surface area contributed by atoms with Crippen molar-refractivity contribution in [1.29, 1.82) is 0 Å². The average molecular weight is 427 g/mol. The standard InChI is InChI=1S/C19H27FN4O2S2/c1-12(2)28(25,26)22-10-14-4-7-16(8-5-14)23-19-24-18(13(3)27-19)15-6-9-17(20)21-11-15/h6,9,11-12,14,16,22H,4-5,7-8,10H2,1-3H3,(H,23,24)/t14-,16-. The first kappa shape index (κ1) is 21.1. The molecule has 0 aromatic carbocycles. The topological polar surface area (TPSA) is 84.0 Å². The van der Waals surface area contributed by atoms with Crippen molar-refractivity contribution in [2.75, 3.05) is 11.9 Å². The molecule has 1 saturated carbocycles. The van der Waals surface area contributed by atoms with E-state index < -0.39 is 21.2 Å². The third-order valence-corrected chi connectivity index (χ3v) is 7.88. The molecule has 0 atom stereocenters. The van der Waals surface area contributed by atoms with E-state index in [0.717, 1.165) is 46.9 Å². The number of nitrogens with zero attached hydrogens (tertiary/aromatic N) is 2. The van der Waals surface area contributed by atoms with E-state index in [1.807, 2.05) is 6.92 Å². The Bertz CT molecular complexity index is 889. The molecule has 0 bridgehead atoms. The van der Waals surface area contributed by atoms with Gasteiger partial charge in [-0.3, -0.25) is 0 Å². The van der Waals surface area contributed by atoms with Crippen LogP contribution in [-0.2, 0) is 10.0 Å². The van der Waals surface area contributed by atoms with Gasteiger partial charge in [-0.25, -0.2) is 23.1 Å². The molecule has 28 heavy (non-hydrogen) atoms. The smallest absolute Gasteiger partial charge is 0.213 e. The second-order valence-electron chi connectivity index (χ2n) is 7.60. The van der Waals surface area contributed by atoms with Gasteiger partial charge >= 0.3 is 0 Å². The van der Waals surface area contributed by atoms with Crippen LogP contribution in [0.1, 0.15) is 44.4 Å². The summed E-state index contributed by atoms with van der Waals surface area (Å²) in [6.07, 6.45) is 5.44. The lowest BCUT2D eigenvalue weighted by Crippen LogP contribution is -2.37. The maximum atomic E-state index is 13.0. The SMILES string of the molecule is Cc1sc(N[C@H]2CC[C@H](CNS(=O)(=O)C(C)C)CC2)nc1-c1ccc(F)nc1. The molecular formula is C19H27FN4O2S2. The van der Waals surface area contributed by atoms with Gasteiger partial charge in [0.15, 0.2) is 5.13 Å². The Morgan fingerprint density at radius 3 is 2.57 bits per heavy atom. The fourth-order valence-electron chi connectivity index (χ4n) is 3.33. The Labute approximate surface area is 170 Å². The highest BCUT2D eigenvalue weighted by atomic mass is 32.2. The van der Waals surface area contributed by atoms with Crippen molar-refractivity contribution in [1.82, 2.24) is 14.7 Å². The number of pyridine rings is 1. The van der Waals surface area contributed by atoms with Gasteiger partial charge in [0.2, 0.25) is 16.0 Å². The molecule has 0 spiro atoms. The van der Waals surface area contributed by atoms with Gasteiger partial charge in [0.05, 0.1) is 10.9 Å². The zero-order valence-electron chi connectivity index (χ0n) is 16.4. The minimum absolute atomic E-state index is 0.336. The van der Waals surface area contributed by atoms with E-state index in [4.69, 9.17) is 0 Å². The summed E-state index contributed by atoms with van der Waals surface area (Å²) in [5.74, 6) is -0.118. The zero-order chi connectivity index (χ0) is 20.3. The van der Waals surface area contributed by atoms with Crippen molar-refractivity contribution in [3.63, 3.8) is 0 Å². The summed E-state index contributed by atoms with van der Waals surface area (Å²) in [7, 11) is -3.19.